The number of carbonyl (C=O) groups is 2. The monoisotopic (exact) mass is 352 g/mol. The highest BCUT2D eigenvalue weighted by molar-refractivity contribution is 5.97. The maximum atomic E-state index is 12.7. The van der Waals surface area contributed by atoms with Crippen molar-refractivity contribution < 1.29 is 9.59 Å². The quantitative estimate of drug-likeness (QED) is 0.784. The minimum Gasteiger partial charge on any atom is -0.347 e. The number of nitrogens with one attached hydrogen (secondary N) is 2. The number of hydrogen-bond donors (Lipinski definition) is 2. The number of aromatic nitrogens is 2. The normalized spacial score (nSPS) is 13.0. The van der Waals surface area contributed by atoms with E-state index in [2.05, 4.69) is 22.2 Å². The van der Waals surface area contributed by atoms with Gasteiger partial charge in [0.05, 0.1) is 5.69 Å². The molecule has 0 spiro atoms. The van der Waals surface area contributed by atoms with Crippen LogP contribution >= 0.6 is 0 Å². The number of hydrogen-bond acceptors (Lipinski definition) is 3. The van der Waals surface area contributed by atoms with Gasteiger partial charge in [-0.05, 0) is 31.7 Å². The van der Waals surface area contributed by atoms with Crippen LogP contribution in [-0.2, 0) is 19.5 Å². The molecule has 6 nitrogen and oxygen atoms in total. The second-order valence-corrected chi connectivity index (χ2v) is 6.51. The third-order valence-electron chi connectivity index (χ3n) is 4.52. The highest BCUT2D eigenvalue weighted by Gasteiger charge is 2.27. The van der Waals surface area contributed by atoms with E-state index in [4.69, 9.17) is 0 Å². The van der Waals surface area contributed by atoms with Crippen molar-refractivity contribution in [3.05, 3.63) is 65.3 Å². The molecule has 0 radical (unpaired) electrons. The average Bonchev–Trinajstić information content (AvgIpc) is 3.05. The van der Waals surface area contributed by atoms with Crippen molar-refractivity contribution in [2.24, 2.45) is 0 Å². The molecule has 1 aromatic carbocycles. The molecule has 0 fully saturated rings. The number of amides is 2. The molecule has 0 saturated heterocycles. The maximum Gasteiger partial charge on any atom is 0.287 e. The van der Waals surface area contributed by atoms with Crippen molar-refractivity contribution in [3.63, 3.8) is 0 Å². The summed E-state index contributed by atoms with van der Waals surface area (Å²) in [5, 5.41) is 5.66. The van der Waals surface area contributed by atoms with Crippen LogP contribution < -0.4 is 10.6 Å². The molecule has 3 rings (SSSR count). The third-order valence-corrected chi connectivity index (χ3v) is 4.52. The van der Waals surface area contributed by atoms with Crippen LogP contribution in [0.3, 0.4) is 0 Å². The Kier molecular flexibility index (Phi) is 5.51. The Morgan fingerprint density at radius 2 is 1.96 bits per heavy atom. The molecule has 0 atom stereocenters. The molecule has 26 heavy (non-hydrogen) atoms. The fourth-order valence-corrected chi connectivity index (χ4v) is 3.11. The lowest BCUT2D eigenvalue weighted by Gasteiger charge is -2.17. The van der Waals surface area contributed by atoms with Gasteiger partial charge in [-0.2, -0.15) is 0 Å². The SMILES string of the molecule is C=CCNC(=O)c1nc(C(=O)NCc2ccc(C)cc2)c2n1CCCC2. The lowest BCUT2D eigenvalue weighted by Crippen LogP contribution is -2.28. The van der Waals surface area contributed by atoms with E-state index >= 15 is 0 Å². The lowest BCUT2D eigenvalue weighted by molar-refractivity contribution is 0.0941. The minimum atomic E-state index is -0.273. The van der Waals surface area contributed by atoms with Gasteiger partial charge in [0.15, 0.2) is 5.82 Å². The summed E-state index contributed by atoms with van der Waals surface area (Å²) < 4.78 is 1.88. The summed E-state index contributed by atoms with van der Waals surface area (Å²) in [6.45, 7) is 7.14. The van der Waals surface area contributed by atoms with Crippen LogP contribution in [0.5, 0.6) is 0 Å². The van der Waals surface area contributed by atoms with Crippen molar-refractivity contribution in [2.75, 3.05) is 6.54 Å². The summed E-state index contributed by atoms with van der Waals surface area (Å²) in [5.41, 5.74) is 3.42. The van der Waals surface area contributed by atoms with Gasteiger partial charge in [-0.25, -0.2) is 4.98 Å². The van der Waals surface area contributed by atoms with Gasteiger partial charge in [0.2, 0.25) is 0 Å². The Bertz CT molecular complexity index is 821. The predicted octanol–water partition coefficient (Wildman–Crippen LogP) is 2.37. The largest absolute Gasteiger partial charge is 0.347 e. The number of fused-ring (bicyclic) bond motifs is 1. The Labute approximate surface area is 153 Å². The summed E-state index contributed by atoms with van der Waals surface area (Å²) in [7, 11) is 0. The molecule has 0 bridgehead atoms. The third kappa shape index (κ3) is 3.85. The van der Waals surface area contributed by atoms with Crippen molar-refractivity contribution in [3.8, 4) is 0 Å². The standard InChI is InChI=1S/C20H24N4O2/c1-3-11-21-20(26)18-23-17(16-6-4-5-12-24(16)18)19(25)22-13-15-9-7-14(2)8-10-15/h3,7-10H,1,4-6,11-13H2,2H3,(H,21,26)(H,22,25). The van der Waals surface area contributed by atoms with Crippen molar-refractivity contribution in [2.45, 2.75) is 39.3 Å². The first-order chi connectivity index (χ1) is 12.6. The summed E-state index contributed by atoms with van der Waals surface area (Å²) in [4.78, 5) is 29.4. The number of carbonyl (C=O) groups excluding carboxylic acids is 2. The molecule has 2 N–H and O–H groups in total. The van der Waals surface area contributed by atoms with Crippen LogP contribution in [0.15, 0.2) is 36.9 Å². The number of imidazole rings is 1. The molecular weight excluding hydrogens is 328 g/mol. The Balaban J connectivity index is 1.78. The summed E-state index contributed by atoms with van der Waals surface area (Å²) in [5.74, 6) is -0.202. The van der Waals surface area contributed by atoms with Crippen LogP contribution in [0.4, 0.5) is 0 Å². The van der Waals surface area contributed by atoms with Crippen LogP contribution in [-0.4, -0.2) is 27.9 Å². The molecule has 2 heterocycles. The van der Waals surface area contributed by atoms with E-state index in [1.54, 1.807) is 6.08 Å². The molecule has 1 aromatic heterocycles. The summed E-state index contributed by atoms with van der Waals surface area (Å²) >= 11 is 0. The van der Waals surface area contributed by atoms with Gasteiger partial charge in [0, 0.05) is 19.6 Å². The number of benzene rings is 1. The molecule has 136 valence electrons. The van der Waals surface area contributed by atoms with E-state index < -0.39 is 0 Å². The summed E-state index contributed by atoms with van der Waals surface area (Å²) in [6.07, 6.45) is 4.36. The zero-order chi connectivity index (χ0) is 18.5. The van der Waals surface area contributed by atoms with E-state index in [-0.39, 0.29) is 11.8 Å². The fraction of sp³-hybridized carbons (Fsp3) is 0.350. The molecule has 1 aliphatic heterocycles. The molecule has 0 aliphatic carbocycles. The van der Waals surface area contributed by atoms with Gasteiger partial charge in [0.1, 0.15) is 5.69 Å². The van der Waals surface area contributed by atoms with Gasteiger partial charge < -0.3 is 15.2 Å². The molecule has 0 unspecified atom stereocenters. The first-order valence-electron chi connectivity index (χ1n) is 8.92. The van der Waals surface area contributed by atoms with Gasteiger partial charge >= 0.3 is 0 Å². The number of nitrogens with zero attached hydrogens (tertiary/aromatic N) is 2. The van der Waals surface area contributed by atoms with Crippen LogP contribution in [0, 0.1) is 6.92 Å². The summed E-state index contributed by atoms with van der Waals surface area (Å²) in [6, 6.07) is 8.02. The van der Waals surface area contributed by atoms with E-state index in [0.717, 1.165) is 30.5 Å². The van der Waals surface area contributed by atoms with Gasteiger partial charge in [-0.1, -0.05) is 35.9 Å². The zero-order valence-corrected chi connectivity index (χ0v) is 15.0. The Morgan fingerprint density at radius 1 is 1.19 bits per heavy atom. The van der Waals surface area contributed by atoms with E-state index in [0.29, 0.717) is 31.2 Å². The highest BCUT2D eigenvalue weighted by Crippen LogP contribution is 2.21. The Morgan fingerprint density at radius 3 is 2.69 bits per heavy atom. The van der Waals surface area contributed by atoms with Gasteiger partial charge in [0.25, 0.3) is 11.8 Å². The molecule has 2 aromatic rings. The second-order valence-electron chi connectivity index (χ2n) is 6.51. The molecular formula is C20H24N4O2. The lowest BCUT2D eigenvalue weighted by atomic mass is 10.1. The highest BCUT2D eigenvalue weighted by atomic mass is 16.2. The van der Waals surface area contributed by atoms with Crippen molar-refractivity contribution >= 4 is 11.8 Å². The van der Waals surface area contributed by atoms with Gasteiger partial charge in [-0.15, -0.1) is 6.58 Å². The van der Waals surface area contributed by atoms with Gasteiger partial charge in [-0.3, -0.25) is 9.59 Å². The van der Waals surface area contributed by atoms with Crippen molar-refractivity contribution in [1.82, 2.24) is 20.2 Å². The van der Waals surface area contributed by atoms with Crippen LogP contribution in [0.2, 0.25) is 0 Å². The predicted molar refractivity (Wildman–Crippen MR) is 100 cm³/mol. The Hall–Kier alpha value is -2.89. The smallest absolute Gasteiger partial charge is 0.287 e. The molecule has 0 saturated carbocycles. The minimum absolute atomic E-state index is 0.237. The molecule has 2 amide bonds. The van der Waals surface area contributed by atoms with E-state index in [1.165, 1.54) is 5.56 Å². The first-order valence-corrected chi connectivity index (χ1v) is 8.92. The van der Waals surface area contributed by atoms with Crippen molar-refractivity contribution in [1.29, 1.82) is 0 Å². The molecule has 6 heteroatoms. The zero-order valence-electron chi connectivity index (χ0n) is 15.0. The maximum absolute atomic E-state index is 12.7. The first kappa shape index (κ1) is 17.9. The van der Waals surface area contributed by atoms with Crippen LogP contribution in [0.25, 0.3) is 0 Å². The van der Waals surface area contributed by atoms with Crippen LogP contribution in [0.1, 0.15) is 50.8 Å². The number of aryl methyl sites for hydroxylation is 1. The second kappa shape index (κ2) is 7.99. The average molecular weight is 352 g/mol. The number of rotatable bonds is 6. The topological polar surface area (TPSA) is 76.0 Å². The fourth-order valence-electron chi connectivity index (χ4n) is 3.11. The van der Waals surface area contributed by atoms with E-state index in [9.17, 15) is 9.59 Å². The molecule has 1 aliphatic rings. The van der Waals surface area contributed by atoms with E-state index in [1.807, 2.05) is 35.8 Å².